The number of nitrogens with zero attached hydrogens (tertiary/aromatic N) is 2. The third-order valence-electron chi connectivity index (χ3n) is 2.66. The minimum atomic E-state index is -0.139. The highest BCUT2D eigenvalue weighted by Gasteiger charge is 2.18. The van der Waals surface area contributed by atoms with E-state index in [0.29, 0.717) is 27.6 Å². The van der Waals surface area contributed by atoms with Crippen LogP contribution in [0.15, 0.2) is 24.4 Å². The highest BCUT2D eigenvalue weighted by molar-refractivity contribution is 6.31. The molecule has 0 spiro atoms. The standard InChI is InChI=1S/C13H13ClN2O2/c1-8-11(7-16(2)15-8)13(17)10-6-9(14)4-5-12(10)18-3/h4-7H,1-3H3. The fraction of sp³-hybridized carbons (Fsp3) is 0.231. The lowest BCUT2D eigenvalue weighted by molar-refractivity contribution is 0.103. The fourth-order valence-corrected chi connectivity index (χ4v) is 2.00. The van der Waals surface area contributed by atoms with Crippen LogP contribution in [0.3, 0.4) is 0 Å². The molecule has 0 saturated heterocycles. The van der Waals surface area contributed by atoms with E-state index in [2.05, 4.69) is 5.10 Å². The smallest absolute Gasteiger partial charge is 0.200 e. The molecule has 2 aromatic rings. The van der Waals surface area contributed by atoms with Crippen molar-refractivity contribution in [3.8, 4) is 5.75 Å². The number of halogens is 1. The lowest BCUT2D eigenvalue weighted by Gasteiger charge is -2.07. The Labute approximate surface area is 110 Å². The summed E-state index contributed by atoms with van der Waals surface area (Å²) in [6.45, 7) is 1.80. The number of carbonyl (C=O) groups excluding carboxylic acids is 1. The van der Waals surface area contributed by atoms with E-state index in [1.54, 1.807) is 43.0 Å². The zero-order valence-electron chi connectivity index (χ0n) is 10.4. The van der Waals surface area contributed by atoms with Gasteiger partial charge in [-0.2, -0.15) is 5.10 Å². The predicted molar refractivity (Wildman–Crippen MR) is 69.4 cm³/mol. The van der Waals surface area contributed by atoms with Crippen molar-refractivity contribution in [2.24, 2.45) is 7.05 Å². The first-order chi connectivity index (χ1) is 8.52. The number of rotatable bonds is 3. The highest BCUT2D eigenvalue weighted by atomic mass is 35.5. The van der Waals surface area contributed by atoms with E-state index >= 15 is 0 Å². The third kappa shape index (κ3) is 2.24. The van der Waals surface area contributed by atoms with Crippen LogP contribution >= 0.6 is 11.6 Å². The summed E-state index contributed by atoms with van der Waals surface area (Å²) in [5.74, 6) is 0.368. The number of ether oxygens (including phenoxy) is 1. The summed E-state index contributed by atoms with van der Waals surface area (Å²) in [5, 5.41) is 4.66. The zero-order chi connectivity index (χ0) is 13.3. The lowest BCUT2D eigenvalue weighted by Crippen LogP contribution is -2.04. The number of benzene rings is 1. The molecule has 0 radical (unpaired) electrons. The van der Waals surface area contributed by atoms with Crippen molar-refractivity contribution in [1.82, 2.24) is 9.78 Å². The van der Waals surface area contributed by atoms with E-state index in [4.69, 9.17) is 16.3 Å². The zero-order valence-corrected chi connectivity index (χ0v) is 11.2. The maximum atomic E-state index is 12.4. The number of ketones is 1. The molecule has 0 aliphatic carbocycles. The van der Waals surface area contributed by atoms with Crippen molar-refractivity contribution in [3.63, 3.8) is 0 Å². The SMILES string of the molecule is COc1ccc(Cl)cc1C(=O)c1cn(C)nc1C. The van der Waals surface area contributed by atoms with Gasteiger partial charge in [0.15, 0.2) is 5.78 Å². The molecule has 0 unspecified atom stereocenters. The summed E-state index contributed by atoms with van der Waals surface area (Å²) in [4.78, 5) is 12.4. The molecule has 1 heterocycles. The molecule has 0 fully saturated rings. The molecule has 0 atom stereocenters. The average molecular weight is 265 g/mol. The Hall–Kier alpha value is -1.81. The Morgan fingerprint density at radius 3 is 2.67 bits per heavy atom. The average Bonchev–Trinajstić information content (AvgIpc) is 2.67. The van der Waals surface area contributed by atoms with Gasteiger partial charge in [0.05, 0.1) is 23.9 Å². The van der Waals surface area contributed by atoms with E-state index in [1.165, 1.54) is 7.11 Å². The first-order valence-corrected chi connectivity index (χ1v) is 5.79. The van der Waals surface area contributed by atoms with E-state index in [9.17, 15) is 4.79 Å². The molecule has 0 amide bonds. The lowest BCUT2D eigenvalue weighted by atomic mass is 10.0. The van der Waals surface area contributed by atoms with Gasteiger partial charge in [0, 0.05) is 18.3 Å². The van der Waals surface area contributed by atoms with Crippen LogP contribution in [0.25, 0.3) is 0 Å². The molecule has 18 heavy (non-hydrogen) atoms. The first kappa shape index (κ1) is 12.6. The molecule has 2 rings (SSSR count). The minimum absolute atomic E-state index is 0.139. The van der Waals surface area contributed by atoms with Crippen LogP contribution in [-0.4, -0.2) is 22.7 Å². The van der Waals surface area contributed by atoms with Crippen molar-refractivity contribution < 1.29 is 9.53 Å². The van der Waals surface area contributed by atoms with Crippen LogP contribution in [0.4, 0.5) is 0 Å². The summed E-state index contributed by atoms with van der Waals surface area (Å²) in [6.07, 6.45) is 1.69. The number of methoxy groups -OCH3 is 1. The number of carbonyl (C=O) groups is 1. The number of hydrogen-bond donors (Lipinski definition) is 0. The first-order valence-electron chi connectivity index (χ1n) is 5.41. The van der Waals surface area contributed by atoms with Crippen molar-refractivity contribution in [2.75, 3.05) is 7.11 Å². The summed E-state index contributed by atoms with van der Waals surface area (Å²) in [7, 11) is 3.30. The van der Waals surface area contributed by atoms with Gasteiger partial charge in [-0.25, -0.2) is 0 Å². The van der Waals surface area contributed by atoms with Crippen LogP contribution < -0.4 is 4.74 Å². The molecule has 94 valence electrons. The van der Waals surface area contributed by atoms with Crippen LogP contribution in [0.2, 0.25) is 5.02 Å². The van der Waals surface area contributed by atoms with E-state index in [1.807, 2.05) is 0 Å². The van der Waals surface area contributed by atoms with Gasteiger partial charge in [-0.15, -0.1) is 0 Å². The highest BCUT2D eigenvalue weighted by Crippen LogP contribution is 2.25. The van der Waals surface area contributed by atoms with Crippen molar-refractivity contribution in [1.29, 1.82) is 0 Å². The Kier molecular flexibility index (Phi) is 3.39. The molecule has 0 N–H and O–H groups in total. The normalized spacial score (nSPS) is 10.4. The molecule has 4 nitrogen and oxygen atoms in total. The van der Waals surface area contributed by atoms with Gasteiger partial charge in [0.25, 0.3) is 0 Å². The minimum Gasteiger partial charge on any atom is -0.496 e. The molecule has 1 aromatic heterocycles. The van der Waals surface area contributed by atoms with Crippen molar-refractivity contribution in [2.45, 2.75) is 6.92 Å². The van der Waals surface area contributed by atoms with Gasteiger partial charge in [0.1, 0.15) is 5.75 Å². The van der Waals surface area contributed by atoms with E-state index in [-0.39, 0.29) is 5.78 Å². The molecule has 5 heteroatoms. The molecule has 0 saturated carbocycles. The molecular formula is C13H13ClN2O2. The maximum Gasteiger partial charge on any atom is 0.200 e. The molecule has 0 aliphatic rings. The van der Waals surface area contributed by atoms with E-state index in [0.717, 1.165) is 0 Å². The summed E-state index contributed by atoms with van der Waals surface area (Å²) in [5.41, 5.74) is 1.68. The number of aromatic nitrogens is 2. The summed E-state index contributed by atoms with van der Waals surface area (Å²) >= 11 is 5.92. The molecule has 1 aromatic carbocycles. The second-order valence-corrected chi connectivity index (χ2v) is 4.41. The predicted octanol–water partition coefficient (Wildman–Crippen LogP) is 2.62. The van der Waals surface area contributed by atoms with Crippen molar-refractivity contribution in [3.05, 3.63) is 46.2 Å². The Morgan fingerprint density at radius 2 is 2.11 bits per heavy atom. The van der Waals surface area contributed by atoms with Crippen LogP contribution in [0.1, 0.15) is 21.6 Å². The molecular weight excluding hydrogens is 252 g/mol. The second kappa shape index (κ2) is 4.82. The fourth-order valence-electron chi connectivity index (χ4n) is 1.83. The monoisotopic (exact) mass is 264 g/mol. The Bertz CT molecular complexity index is 605. The topological polar surface area (TPSA) is 44.1 Å². The number of hydrogen-bond acceptors (Lipinski definition) is 3. The van der Waals surface area contributed by atoms with Crippen molar-refractivity contribution >= 4 is 17.4 Å². The van der Waals surface area contributed by atoms with Gasteiger partial charge in [-0.3, -0.25) is 9.48 Å². The quantitative estimate of drug-likeness (QED) is 0.801. The van der Waals surface area contributed by atoms with Crippen LogP contribution in [0.5, 0.6) is 5.75 Å². The van der Waals surface area contributed by atoms with Gasteiger partial charge in [-0.1, -0.05) is 11.6 Å². The Balaban J connectivity index is 2.51. The maximum absolute atomic E-state index is 12.4. The second-order valence-electron chi connectivity index (χ2n) is 3.98. The summed E-state index contributed by atoms with van der Waals surface area (Å²) in [6, 6.07) is 4.98. The molecule has 0 aliphatic heterocycles. The molecule has 0 bridgehead atoms. The third-order valence-corrected chi connectivity index (χ3v) is 2.90. The van der Waals surface area contributed by atoms with Gasteiger partial charge in [0.2, 0.25) is 0 Å². The van der Waals surface area contributed by atoms with Gasteiger partial charge < -0.3 is 4.74 Å². The van der Waals surface area contributed by atoms with Gasteiger partial charge in [-0.05, 0) is 25.1 Å². The van der Waals surface area contributed by atoms with Crippen LogP contribution in [0, 0.1) is 6.92 Å². The Morgan fingerprint density at radius 1 is 1.39 bits per heavy atom. The van der Waals surface area contributed by atoms with Crippen LogP contribution in [-0.2, 0) is 7.05 Å². The van der Waals surface area contributed by atoms with Gasteiger partial charge >= 0.3 is 0 Å². The summed E-state index contributed by atoms with van der Waals surface area (Å²) < 4.78 is 6.79. The van der Waals surface area contributed by atoms with E-state index < -0.39 is 0 Å². The number of aryl methyl sites for hydroxylation is 2. The largest absolute Gasteiger partial charge is 0.496 e.